The summed E-state index contributed by atoms with van der Waals surface area (Å²) in [5.74, 6) is 5.71. The lowest BCUT2D eigenvalue weighted by Gasteiger charge is -2.26. The number of carbonyl (C=O) groups excluding carboxylic acids is 1. The van der Waals surface area contributed by atoms with Gasteiger partial charge in [-0.2, -0.15) is 0 Å². The van der Waals surface area contributed by atoms with E-state index in [9.17, 15) is 4.79 Å². The SMILES string of the molecule is CCC1(CC)CCN(C(=O)c2ccc(C#CCN)cn2)C1. The highest BCUT2D eigenvalue weighted by atomic mass is 16.2. The van der Waals surface area contributed by atoms with Crippen LogP contribution in [-0.2, 0) is 0 Å². The topological polar surface area (TPSA) is 59.2 Å². The minimum absolute atomic E-state index is 0.0251. The highest BCUT2D eigenvalue weighted by Gasteiger charge is 2.37. The molecule has 0 bridgehead atoms. The van der Waals surface area contributed by atoms with E-state index in [1.807, 2.05) is 11.0 Å². The van der Waals surface area contributed by atoms with Crippen molar-refractivity contribution in [3.63, 3.8) is 0 Å². The maximum Gasteiger partial charge on any atom is 0.272 e. The molecule has 1 aromatic heterocycles. The van der Waals surface area contributed by atoms with Gasteiger partial charge in [-0.25, -0.2) is 4.98 Å². The molecule has 0 spiro atoms. The fourth-order valence-corrected chi connectivity index (χ4v) is 2.85. The third-order valence-corrected chi connectivity index (χ3v) is 4.54. The van der Waals surface area contributed by atoms with Crippen LogP contribution in [0.25, 0.3) is 0 Å². The molecule has 1 aliphatic heterocycles. The molecular weight excluding hydrogens is 262 g/mol. The van der Waals surface area contributed by atoms with E-state index >= 15 is 0 Å². The molecular formula is C17H23N3O. The van der Waals surface area contributed by atoms with Gasteiger partial charge in [0.15, 0.2) is 0 Å². The van der Waals surface area contributed by atoms with Crippen molar-refractivity contribution < 1.29 is 4.79 Å². The maximum atomic E-state index is 12.5. The number of nitrogens with zero attached hydrogens (tertiary/aromatic N) is 2. The number of nitrogens with two attached hydrogens (primary N) is 1. The molecule has 1 saturated heterocycles. The lowest BCUT2D eigenvalue weighted by molar-refractivity contribution is 0.0764. The zero-order valence-corrected chi connectivity index (χ0v) is 12.9. The van der Waals surface area contributed by atoms with Gasteiger partial charge in [0.2, 0.25) is 0 Å². The third-order valence-electron chi connectivity index (χ3n) is 4.54. The van der Waals surface area contributed by atoms with Crippen molar-refractivity contribution in [3.05, 3.63) is 29.6 Å². The number of hydrogen-bond donors (Lipinski definition) is 1. The molecule has 0 radical (unpaired) electrons. The lowest BCUT2D eigenvalue weighted by atomic mass is 9.82. The Hall–Kier alpha value is -1.86. The Morgan fingerprint density at radius 2 is 2.19 bits per heavy atom. The fourth-order valence-electron chi connectivity index (χ4n) is 2.85. The Kier molecular flexibility index (Phi) is 4.98. The van der Waals surface area contributed by atoms with Crippen LogP contribution in [-0.4, -0.2) is 35.4 Å². The molecule has 1 aromatic rings. The molecule has 0 unspecified atom stereocenters. The molecule has 4 heteroatoms. The van der Waals surface area contributed by atoms with Gasteiger partial charge in [-0.3, -0.25) is 4.79 Å². The molecule has 1 fully saturated rings. The van der Waals surface area contributed by atoms with E-state index in [2.05, 4.69) is 30.7 Å². The second-order valence-electron chi connectivity index (χ2n) is 5.62. The second kappa shape index (κ2) is 6.73. The standard InChI is InChI=1S/C17H23N3O/c1-3-17(4-2)9-11-20(13-17)16(21)15-8-7-14(12-19-15)6-5-10-18/h7-8,12H,3-4,9-11,13,18H2,1-2H3. The minimum atomic E-state index is 0.0251. The summed E-state index contributed by atoms with van der Waals surface area (Å²) in [6.45, 7) is 6.41. The van der Waals surface area contributed by atoms with Crippen LogP contribution < -0.4 is 5.73 Å². The molecule has 0 saturated carbocycles. The van der Waals surface area contributed by atoms with Gasteiger partial charge in [-0.1, -0.05) is 25.7 Å². The van der Waals surface area contributed by atoms with Crippen molar-refractivity contribution >= 4 is 5.91 Å². The second-order valence-corrected chi connectivity index (χ2v) is 5.62. The van der Waals surface area contributed by atoms with Crippen LogP contribution in [0.3, 0.4) is 0 Å². The first-order valence-corrected chi connectivity index (χ1v) is 7.58. The number of amides is 1. The number of carbonyl (C=O) groups is 1. The number of rotatable bonds is 3. The first-order chi connectivity index (χ1) is 10.1. The molecule has 2 heterocycles. The predicted molar refractivity (Wildman–Crippen MR) is 83.7 cm³/mol. The molecule has 21 heavy (non-hydrogen) atoms. The smallest absolute Gasteiger partial charge is 0.272 e. The van der Waals surface area contributed by atoms with Crippen molar-refractivity contribution in [3.8, 4) is 11.8 Å². The Labute approximate surface area is 126 Å². The normalized spacial score (nSPS) is 16.4. The molecule has 4 nitrogen and oxygen atoms in total. The van der Waals surface area contributed by atoms with Crippen LogP contribution in [0.1, 0.15) is 49.2 Å². The highest BCUT2D eigenvalue weighted by molar-refractivity contribution is 5.92. The van der Waals surface area contributed by atoms with E-state index in [-0.39, 0.29) is 5.91 Å². The molecule has 0 aliphatic carbocycles. The lowest BCUT2D eigenvalue weighted by Crippen LogP contribution is -2.32. The van der Waals surface area contributed by atoms with E-state index in [4.69, 9.17) is 5.73 Å². The summed E-state index contributed by atoms with van der Waals surface area (Å²) in [5.41, 5.74) is 6.91. The van der Waals surface area contributed by atoms with Crippen molar-refractivity contribution in [1.29, 1.82) is 0 Å². The van der Waals surface area contributed by atoms with Crippen molar-refractivity contribution in [2.24, 2.45) is 11.1 Å². The summed E-state index contributed by atoms with van der Waals surface area (Å²) < 4.78 is 0. The van der Waals surface area contributed by atoms with Crippen LogP contribution in [0, 0.1) is 17.3 Å². The largest absolute Gasteiger partial charge is 0.337 e. The van der Waals surface area contributed by atoms with Crippen LogP contribution in [0.15, 0.2) is 18.3 Å². The average Bonchev–Trinajstić information content (AvgIpc) is 2.98. The van der Waals surface area contributed by atoms with Gasteiger partial charge in [-0.15, -0.1) is 0 Å². The van der Waals surface area contributed by atoms with Gasteiger partial charge in [0, 0.05) is 24.8 Å². The molecule has 0 atom stereocenters. The van der Waals surface area contributed by atoms with Crippen molar-refractivity contribution in [1.82, 2.24) is 9.88 Å². The summed E-state index contributed by atoms with van der Waals surface area (Å²) in [5, 5.41) is 0. The zero-order chi connectivity index (χ0) is 15.3. The van der Waals surface area contributed by atoms with Crippen LogP contribution >= 0.6 is 0 Å². The monoisotopic (exact) mass is 285 g/mol. The average molecular weight is 285 g/mol. The van der Waals surface area contributed by atoms with Crippen molar-refractivity contribution in [2.45, 2.75) is 33.1 Å². The van der Waals surface area contributed by atoms with Crippen LogP contribution in [0.5, 0.6) is 0 Å². The molecule has 1 amide bonds. The number of aromatic nitrogens is 1. The summed E-state index contributed by atoms with van der Waals surface area (Å²) in [6, 6.07) is 3.58. The van der Waals surface area contributed by atoms with Gasteiger partial charge < -0.3 is 10.6 Å². The van der Waals surface area contributed by atoms with E-state index in [1.54, 1.807) is 12.3 Å². The predicted octanol–water partition coefficient (Wildman–Crippen LogP) is 2.04. The first-order valence-electron chi connectivity index (χ1n) is 7.58. The summed E-state index contributed by atoms with van der Waals surface area (Å²) in [7, 11) is 0. The molecule has 2 rings (SSSR count). The number of pyridine rings is 1. The minimum Gasteiger partial charge on any atom is -0.337 e. The molecule has 0 aromatic carbocycles. The number of likely N-dealkylation sites (tertiary alicyclic amines) is 1. The Balaban J connectivity index is 2.07. The van der Waals surface area contributed by atoms with Gasteiger partial charge >= 0.3 is 0 Å². The van der Waals surface area contributed by atoms with Crippen molar-refractivity contribution in [2.75, 3.05) is 19.6 Å². The van der Waals surface area contributed by atoms with Crippen LogP contribution in [0.2, 0.25) is 0 Å². The number of hydrogen-bond acceptors (Lipinski definition) is 3. The highest BCUT2D eigenvalue weighted by Crippen LogP contribution is 2.37. The Morgan fingerprint density at radius 1 is 1.43 bits per heavy atom. The Morgan fingerprint density at radius 3 is 2.71 bits per heavy atom. The van der Waals surface area contributed by atoms with E-state index in [0.29, 0.717) is 17.7 Å². The zero-order valence-electron chi connectivity index (χ0n) is 12.9. The van der Waals surface area contributed by atoms with Gasteiger partial charge in [0.1, 0.15) is 5.69 Å². The maximum absolute atomic E-state index is 12.5. The fraction of sp³-hybridized carbons (Fsp3) is 0.529. The third kappa shape index (κ3) is 3.43. The van der Waals surface area contributed by atoms with Gasteiger partial charge in [-0.05, 0) is 36.8 Å². The Bertz CT molecular complexity index is 550. The van der Waals surface area contributed by atoms with E-state index in [1.165, 1.54) is 0 Å². The quantitative estimate of drug-likeness (QED) is 0.865. The molecule has 2 N–H and O–H groups in total. The first kappa shape index (κ1) is 15.5. The van der Waals surface area contributed by atoms with Crippen LogP contribution in [0.4, 0.5) is 0 Å². The summed E-state index contributed by atoms with van der Waals surface area (Å²) >= 11 is 0. The molecule has 112 valence electrons. The van der Waals surface area contributed by atoms with Gasteiger partial charge in [0.05, 0.1) is 6.54 Å². The summed E-state index contributed by atoms with van der Waals surface area (Å²) in [4.78, 5) is 18.7. The van der Waals surface area contributed by atoms with Gasteiger partial charge in [0.25, 0.3) is 5.91 Å². The summed E-state index contributed by atoms with van der Waals surface area (Å²) in [6.07, 6.45) is 4.97. The molecule has 1 aliphatic rings. The van der Waals surface area contributed by atoms with E-state index < -0.39 is 0 Å². The van der Waals surface area contributed by atoms with E-state index in [0.717, 1.165) is 37.9 Å².